The van der Waals surface area contributed by atoms with E-state index in [1.165, 1.54) is 39.0 Å². The summed E-state index contributed by atoms with van der Waals surface area (Å²) < 4.78 is 29.4. The first-order chi connectivity index (χ1) is 13.7. The molecule has 0 aromatic heterocycles. The Morgan fingerprint density at radius 1 is 1.00 bits per heavy atom. The maximum atomic E-state index is 11.7. The first-order valence-electron chi connectivity index (χ1n) is 11.2. The van der Waals surface area contributed by atoms with Gasteiger partial charge in [0.15, 0.2) is 0 Å². The van der Waals surface area contributed by atoms with E-state index in [0.29, 0.717) is 5.92 Å². The number of hydrogen-bond acceptors (Lipinski definition) is 4. The third kappa shape index (κ3) is 8.00. The second-order valence-electron chi connectivity index (χ2n) is 8.24. The summed E-state index contributed by atoms with van der Waals surface area (Å²) in [6.45, 7) is 12.7. The molecule has 2 rings (SSSR count). The van der Waals surface area contributed by atoms with Crippen LogP contribution in [0.4, 0.5) is 0 Å². The summed E-state index contributed by atoms with van der Waals surface area (Å²) in [5.74, 6) is 0.110. The molecule has 0 bridgehead atoms. The lowest BCUT2D eigenvalue weighted by atomic mass is 9.71. The van der Waals surface area contributed by atoms with Gasteiger partial charge < -0.3 is 14.1 Å². The monoisotopic (exact) mass is 427 g/mol. The molecule has 1 saturated carbocycles. The van der Waals surface area contributed by atoms with Gasteiger partial charge in [0, 0.05) is 12.2 Å². The zero-order chi connectivity index (χ0) is 22.0. The summed E-state index contributed by atoms with van der Waals surface area (Å²) in [7, 11) is -3.91. The van der Waals surface area contributed by atoms with Crippen LogP contribution in [0.15, 0.2) is 30.3 Å². The van der Waals surface area contributed by atoms with Crippen LogP contribution in [0, 0.1) is 5.92 Å². The van der Waals surface area contributed by atoms with Crippen molar-refractivity contribution >= 4 is 10.1 Å². The lowest BCUT2D eigenvalue weighted by molar-refractivity contribution is -0.924. The lowest BCUT2D eigenvalue weighted by Gasteiger charge is -2.43. The normalized spacial score (nSPS) is 17.9. The number of rotatable bonds is 9. The molecule has 29 heavy (non-hydrogen) atoms. The predicted octanol–water partition coefficient (Wildman–Crippen LogP) is 4.27. The Labute approximate surface area is 178 Å². The Morgan fingerprint density at radius 3 is 1.90 bits per heavy atom. The third-order valence-electron chi connectivity index (χ3n) is 6.89. The summed E-state index contributed by atoms with van der Waals surface area (Å²) in [6, 6.07) is 10.5. The molecule has 0 spiro atoms. The van der Waals surface area contributed by atoms with Crippen LogP contribution in [-0.4, -0.2) is 54.5 Å². The van der Waals surface area contributed by atoms with Crippen molar-refractivity contribution in [2.45, 2.75) is 71.8 Å². The van der Waals surface area contributed by atoms with Crippen molar-refractivity contribution in [3.8, 4) is 0 Å². The topological polar surface area (TPSA) is 77.4 Å². The van der Waals surface area contributed by atoms with Crippen LogP contribution in [-0.2, 0) is 15.7 Å². The van der Waals surface area contributed by atoms with Gasteiger partial charge in [0.1, 0.15) is 0 Å². The average molecular weight is 428 g/mol. The summed E-state index contributed by atoms with van der Waals surface area (Å²) in [5, 5.41) is 11.7. The largest absolute Gasteiger partial charge is 0.748 e. The quantitative estimate of drug-likeness (QED) is 0.471. The van der Waals surface area contributed by atoms with Gasteiger partial charge in [-0.2, -0.15) is 0 Å². The van der Waals surface area contributed by atoms with E-state index in [1.54, 1.807) is 0 Å². The van der Waals surface area contributed by atoms with Gasteiger partial charge in [0.25, 0.3) is 0 Å². The molecule has 1 aromatic rings. The Balaban J connectivity index is 0.000000612. The fourth-order valence-corrected chi connectivity index (χ4v) is 4.44. The maximum absolute atomic E-state index is 11.7. The van der Waals surface area contributed by atoms with Gasteiger partial charge in [-0.25, -0.2) is 8.42 Å². The standard InChI is InChI=1S/C21H36NO.C2H6O3S/c1-4-22(5-2,6-3)18-17-21(23,19-13-9-7-10-14-19)20-15-11-8-12-16-20;1-2-6(3,4)5/h7,9-10,13-14,20,23H,4-6,8,11-12,15-18H2,1-3H3;2H2,1H3,(H,3,4,5)/q+1;/p-1. The minimum Gasteiger partial charge on any atom is -0.748 e. The predicted molar refractivity (Wildman–Crippen MR) is 119 cm³/mol. The highest BCUT2D eigenvalue weighted by Crippen LogP contribution is 2.42. The summed E-state index contributed by atoms with van der Waals surface area (Å²) in [4.78, 5) is 0. The van der Waals surface area contributed by atoms with Crippen molar-refractivity contribution in [1.82, 2.24) is 0 Å². The second kappa shape index (κ2) is 12.0. The summed E-state index contributed by atoms with van der Waals surface area (Å²) in [5.41, 5.74) is 0.485. The Bertz CT molecular complexity index is 659. The fourth-order valence-electron chi connectivity index (χ4n) is 4.44. The molecule has 168 valence electrons. The Kier molecular flexibility index (Phi) is 10.8. The first kappa shape index (κ1) is 26.1. The van der Waals surface area contributed by atoms with Crippen molar-refractivity contribution < 1.29 is 22.6 Å². The molecule has 1 aliphatic carbocycles. The second-order valence-corrected chi connectivity index (χ2v) is 9.93. The van der Waals surface area contributed by atoms with Gasteiger partial charge >= 0.3 is 0 Å². The summed E-state index contributed by atoms with van der Waals surface area (Å²) >= 11 is 0. The molecule has 1 unspecified atom stereocenters. The molecular weight excluding hydrogens is 386 g/mol. The zero-order valence-electron chi connectivity index (χ0n) is 18.8. The molecule has 1 aliphatic rings. The van der Waals surface area contributed by atoms with E-state index in [0.717, 1.165) is 42.6 Å². The van der Waals surface area contributed by atoms with Crippen LogP contribution in [0.2, 0.25) is 0 Å². The van der Waals surface area contributed by atoms with Crippen molar-refractivity contribution in [2.75, 3.05) is 31.9 Å². The molecule has 0 amide bonds. The highest BCUT2D eigenvalue weighted by atomic mass is 32.2. The van der Waals surface area contributed by atoms with E-state index in [9.17, 15) is 18.1 Å². The van der Waals surface area contributed by atoms with Crippen molar-refractivity contribution in [2.24, 2.45) is 5.92 Å². The molecule has 1 atom stereocenters. The van der Waals surface area contributed by atoms with Crippen LogP contribution >= 0.6 is 0 Å². The Morgan fingerprint density at radius 2 is 1.48 bits per heavy atom. The number of aliphatic hydroxyl groups is 1. The van der Waals surface area contributed by atoms with E-state index >= 15 is 0 Å². The number of benzene rings is 1. The zero-order valence-corrected chi connectivity index (χ0v) is 19.6. The summed E-state index contributed by atoms with van der Waals surface area (Å²) in [6.07, 6.45) is 7.12. The van der Waals surface area contributed by atoms with Gasteiger partial charge in [-0.05, 0) is 45.1 Å². The van der Waals surface area contributed by atoms with Crippen LogP contribution in [0.25, 0.3) is 0 Å². The van der Waals surface area contributed by atoms with E-state index in [-0.39, 0.29) is 5.75 Å². The number of quaternary nitrogens is 1. The van der Waals surface area contributed by atoms with E-state index < -0.39 is 15.7 Å². The molecule has 5 nitrogen and oxygen atoms in total. The molecular formula is C23H41NO4S. The van der Waals surface area contributed by atoms with Crippen LogP contribution in [0.5, 0.6) is 0 Å². The highest BCUT2D eigenvalue weighted by molar-refractivity contribution is 7.85. The molecule has 0 radical (unpaired) electrons. The minimum absolute atomic E-state index is 0.312. The molecule has 1 aromatic carbocycles. The maximum Gasteiger partial charge on any atom is 0.0978 e. The van der Waals surface area contributed by atoms with E-state index in [1.807, 2.05) is 0 Å². The lowest BCUT2D eigenvalue weighted by Crippen LogP contribution is -2.51. The van der Waals surface area contributed by atoms with Crippen LogP contribution in [0.3, 0.4) is 0 Å². The fraction of sp³-hybridized carbons (Fsp3) is 0.739. The third-order valence-corrected chi connectivity index (χ3v) is 7.59. The SMILES string of the molecule is CCS(=O)(=O)[O-].CC[N+](CC)(CC)CCC(O)(c1ccccc1)C1CCCCC1. The van der Waals surface area contributed by atoms with Crippen LogP contribution in [0.1, 0.15) is 71.8 Å². The minimum atomic E-state index is -3.91. The first-order valence-corrected chi connectivity index (χ1v) is 12.8. The molecule has 1 fully saturated rings. The molecule has 0 saturated heterocycles. The van der Waals surface area contributed by atoms with E-state index in [4.69, 9.17) is 0 Å². The van der Waals surface area contributed by atoms with Crippen molar-refractivity contribution in [3.63, 3.8) is 0 Å². The number of hydrogen-bond donors (Lipinski definition) is 1. The van der Waals surface area contributed by atoms with Crippen LogP contribution < -0.4 is 0 Å². The molecule has 1 N–H and O–H groups in total. The smallest absolute Gasteiger partial charge is 0.0978 e. The van der Waals surface area contributed by atoms with Gasteiger partial charge in [-0.15, -0.1) is 0 Å². The van der Waals surface area contributed by atoms with Crippen molar-refractivity contribution in [3.05, 3.63) is 35.9 Å². The van der Waals surface area contributed by atoms with Gasteiger partial charge in [-0.1, -0.05) is 56.5 Å². The Hall–Kier alpha value is -0.950. The van der Waals surface area contributed by atoms with Crippen molar-refractivity contribution in [1.29, 1.82) is 0 Å². The molecule has 0 aliphatic heterocycles. The van der Waals surface area contributed by atoms with Gasteiger partial charge in [0.2, 0.25) is 0 Å². The van der Waals surface area contributed by atoms with Gasteiger partial charge in [-0.3, -0.25) is 0 Å². The van der Waals surface area contributed by atoms with Gasteiger partial charge in [0.05, 0.1) is 41.9 Å². The highest BCUT2D eigenvalue weighted by Gasteiger charge is 2.40. The molecule has 0 heterocycles. The molecule has 6 heteroatoms. The van der Waals surface area contributed by atoms with E-state index in [2.05, 4.69) is 51.1 Å². The average Bonchev–Trinajstić information content (AvgIpc) is 2.76. The number of nitrogens with zero attached hydrogens (tertiary/aromatic N) is 1.